The smallest absolute Gasteiger partial charge is 0.258 e. The topological polar surface area (TPSA) is 106 Å². The highest BCUT2D eigenvalue weighted by atomic mass is 16.5. The van der Waals surface area contributed by atoms with E-state index in [9.17, 15) is 4.79 Å². The monoisotopic (exact) mass is 233 g/mol. The van der Waals surface area contributed by atoms with Crippen LogP contribution < -0.4 is 15.8 Å². The zero-order chi connectivity index (χ0) is 12.3. The predicted molar refractivity (Wildman–Crippen MR) is 61.7 cm³/mol. The number of ether oxygens (including phenoxy) is 1. The van der Waals surface area contributed by atoms with Crippen molar-refractivity contribution in [2.75, 3.05) is 18.2 Å². The van der Waals surface area contributed by atoms with Gasteiger partial charge in [0.15, 0.2) is 0 Å². The molecule has 0 aliphatic rings. The van der Waals surface area contributed by atoms with Crippen molar-refractivity contribution in [3.05, 3.63) is 29.8 Å². The Kier molecular flexibility index (Phi) is 2.91. The maximum atomic E-state index is 11.7. The number of carbonyl (C=O) groups is 1. The van der Waals surface area contributed by atoms with Gasteiger partial charge in [0.05, 0.1) is 7.11 Å². The van der Waals surface area contributed by atoms with Gasteiger partial charge < -0.3 is 10.5 Å². The van der Waals surface area contributed by atoms with Crippen molar-refractivity contribution >= 4 is 17.8 Å². The lowest BCUT2D eigenvalue weighted by Crippen LogP contribution is -2.12. The van der Waals surface area contributed by atoms with Gasteiger partial charge in [0.2, 0.25) is 5.95 Å². The minimum Gasteiger partial charge on any atom is -0.497 e. The third kappa shape index (κ3) is 2.51. The first kappa shape index (κ1) is 10.9. The number of H-pyrrole nitrogens is 1. The molecule has 0 saturated carbocycles. The first-order valence-electron chi connectivity index (χ1n) is 4.82. The van der Waals surface area contributed by atoms with E-state index in [4.69, 9.17) is 10.5 Å². The number of nitrogens with zero attached hydrogens (tertiary/aromatic N) is 2. The fourth-order valence-corrected chi connectivity index (χ4v) is 1.25. The van der Waals surface area contributed by atoms with E-state index >= 15 is 0 Å². The van der Waals surface area contributed by atoms with E-state index < -0.39 is 0 Å². The molecule has 0 atom stereocenters. The number of nitrogens with one attached hydrogen (secondary N) is 2. The van der Waals surface area contributed by atoms with Crippen molar-refractivity contribution < 1.29 is 9.53 Å². The van der Waals surface area contributed by atoms with Gasteiger partial charge in [-0.25, -0.2) is 5.10 Å². The second kappa shape index (κ2) is 4.52. The number of nitrogen functional groups attached to an aromatic ring is 1. The summed E-state index contributed by atoms with van der Waals surface area (Å²) in [6.07, 6.45) is 0. The van der Waals surface area contributed by atoms with E-state index in [-0.39, 0.29) is 17.8 Å². The maximum absolute atomic E-state index is 11.7. The van der Waals surface area contributed by atoms with Crippen LogP contribution in [0, 0.1) is 0 Å². The van der Waals surface area contributed by atoms with Gasteiger partial charge in [-0.15, -0.1) is 5.10 Å². The van der Waals surface area contributed by atoms with Crippen LogP contribution in [0.1, 0.15) is 10.4 Å². The van der Waals surface area contributed by atoms with E-state index in [0.29, 0.717) is 11.3 Å². The van der Waals surface area contributed by atoms with E-state index in [1.54, 1.807) is 31.4 Å². The van der Waals surface area contributed by atoms with Gasteiger partial charge in [0.25, 0.3) is 11.9 Å². The Morgan fingerprint density at radius 3 is 2.65 bits per heavy atom. The third-order valence-electron chi connectivity index (χ3n) is 2.08. The van der Waals surface area contributed by atoms with Crippen LogP contribution in [0.5, 0.6) is 5.75 Å². The normalized spacial score (nSPS) is 9.94. The molecule has 1 amide bonds. The van der Waals surface area contributed by atoms with Gasteiger partial charge in [-0.05, 0) is 24.3 Å². The summed E-state index contributed by atoms with van der Waals surface area (Å²) in [5, 5.41) is 8.63. The van der Waals surface area contributed by atoms with Crippen molar-refractivity contribution in [2.24, 2.45) is 0 Å². The number of aromatic nitrogens is 3. The number of amides is 1. The molecule has 0 spiro atoms. The summed E-state index contributed by atoms with van der Waals surface area (Å²) in [6, 6.07) is 6.68. The minimum absolute atomic E-state index is 0.142. The summed E-state index contributed by atoms with van der Waals surface area (Å²) < 4.78 is 4.99. The van der Waals surface area contributed by atoms with Gasteiger partial charge in [0.1, 0.15) is 5.75 Å². The lowest BCUT2D eigenvalue weighted by atomic mass is 10.2. The molecule has 0 bridgehead atoms. The van der Waals surface area contributed by atoms with Crippen molar-refractivity contribution in [1.29, 1.82) is 0 Å². The molecule has 0 radical (unpaired) electrons. The SMILES string of the molecule is COc1ccc(C(=O)Nc2n[nH]c(N)n2)cc1. The lowest BCUT2D eigenvalue weighted by molar-refractivity contribution is 0.102. The third-order valence-corrected chi connectivity index (χ3v) is 2.08. The van der Waals surface area contributed by atoms with Gasteiger partial charge in [0, 0.05) is 5.56 Å². The molecule has 1 aromatic carbocycles. The second-order valence-corrected chi connectivity index (χ2v) is 3.23. The van der Waals surface area contributed by atoms with Crippen molar-refractivity contribution in [3.8, 4) is 5.75 Å². The number of methoxy groups -OCH3 is 1. The Morgan fingerprint density at radius 2 is 2.12 bits per heavy atom. The Labute approximate surface area is 97.0 Å². The number of hydrogen-bond donors (Lipinski definition) is 3. The summed E-state index contributed by atoms with van der Waals surface area (Å²) >= 11 is 0. The minimum atomic E-state index is -0.313. The number of aromatic amines is 1. The Bertz CT molecular complexity index is 520. The summed E-state index contributed by atoms with van der Waals surface area (Å²) in [7, 11) is 1.56. The second-order valence-electron chi connectivity index (χ2n) is 3.23. The quantitative estimate of drug-likeness (QED) is 0.721. The van der Waals surface area contributed by atoms with E-state index in [1.165, 1.54) is 0 Å². The standard InChI is InChI=1S/C10H11N5O2/c1-17-7-4-2-6(3-5-7)8(16)12-10-13-9(11)14-15-10/h2-5H,1H3,(H4,11,12,13,14,15,16). The van der Waals surface area contributed by atoms with E-state index in [2.05, 4.69) is 20.5 Å². The number of rotatable bonds is 3. The van der Waals surface area contributed by atoms with Crippen molar-refractivity contribution in [1.82, 2.24) is 15.2 Å². The highest BCUT2D eigenvalue weighted by molar-refractivity contribution is 6.03. The summed E-state index contributed by atoms with van der Waals surface area (Å²) in [5.74, 6) is 0.661. The first-order chi connectivity index (χ1) is 8.19. The summed E-state index contributed by atoms with van der Waals surface area (Å²) in [6.45, 7) is 0. The van der Waals surface area contributed by atoms with Gasteiger partial charge in [-0.2, -0.15) is 4.98 Å². The molecule has 2 aromatic rings. The largest absolute Gasteiger partial charge is 0.497 e. The highest BCUT2D eigenvalue weighted by Gasteiger charge is 2.08. The molecule has 0 saturated heterocycles. The Hall–Kier alpha value is -2.57. The molecule has 1 heterocycles. The molecule has 0 unspecified atom stereocenters. The molecule has 0 aliphatic carbocycles. The van der Waals surface area contributed by atoms with Crippen molar-refractivity contribution in [3.63, 3.8) is 0 Å². The zero-order valence-corrected chi connectivity index (χ0v) is 9.10. The molecule has 2 rings (SSSR count). The van der Waals surface area contributed by atoms with E-state index in [1.807, 2.05) is 0 Å². The molecule has 7 nitrogen and oxygen atoms in total. The van der Waals surface area contributed by atoms with Crippen LogP contribution in [0.15, 0.2) is 24.3 Å². The average Bonchev–Trinajstić information content (AvgIpc) is 2.75. The first-order valence-corrected chi connectivity index (χ1v) is 4.82. The van der Waals surface area contributed by atoms with Gasteiger partial charge >= 0.3 is 0 Å². The fraction of sp³-hybridized carbons (Fsp3) is 0.100. The molecule has 4 N–H and O–H groups in total. The number of hydrogen-bond acceptors (Lipinski definition) is 5. The van der Waals surface area contributed by atoms with Crippen LogP contribution in [0.3, 0.4) is 0 Å². The van der Waals surface area contributed by atoms with Crippen LogP contribution in [-0.2, 0) is 0 Å². The summed E-state index contributed by atoms with van der Waals surface area (Å²) in [5.41, 5.74) is 5.81. The van der Waals surface area contributed by atoms with Gasteiger partial charge in [-0.1, -0.05) is 0 Å². The van der Waals surface area contributed by atoms with Crippen LogP contribution >= 0.6 is 0 Å². The number of nitrogens with two attached hydrogens (primary N) is 1. The van der Waals surface area contributed by atoms with Crippen LogP contribution in [0.25, 0.3) is 0 Å². The zero-order valence-electron chi connectivity index (χ0n) is 9.10. The fourth-order valence-electron chi connectivity index (χ4n) is 1.25. The van der Waals surface area contributed by atoms with Gasteiger partial charge in [-0.3, -0.25) is 10.1 Å². The molecule has 88 valence electrons. The van der Waals surface area contributed by atoms with Crippen LogP contribution in [0.4, 0.5) is 11.9 Å². The number of anilines is 2. The van der Waals surface area contributed by atoms with Crippen molar-refractivity contribution in [2.45, 2.75) is 0 Å². The Morgan fingerprint density at radius 1 is 1.41 bits per heavy atom. The van der Waals surface area contributed by atoms with E-state index in [0.717, 1.165) is 0 Å². The molecule has 0 fully saturated rings. The molecule has 1 aromatic heterocycles. The number of benzene rings is 1. The predicted octanol–water partition coefficient (Wildman–Crippen LogP) is 0.648. The summed E-state index contributed by atoms with van der Waals surface area (Å²) in [4.78, 5) is 15.5. The molecule has 17 heavy (non-hydrogen) atoms. The molecular formula is C10H11N5O2. The molecular weight excluding hydrogens is 222 g/mol. The maximum Gasteiger partial charge on any atom is 0.258 e. The molecule has 7 heteroatoms. The number of carbonyl (C=O) groups excluding carboxylic acids is 1. The molecule has 0 aliphatic heterocycles. The Balaban J connectivity index is 2.09. The van der Waals surface area contributed by atoms with Crippen LogP contribution in [0.2, 0.25) is 0 Å². The average molecular weight is 233 g/mol. The van der Waals surface area contributed by atoms with Crippen LogP contribution in [-0.4, -0.2) is 28.2 Å². The highest BCUT2D eigenvalue weighted by Crippen LogP contribution is 2.12. The lowest BCUT2D eigenvalue weighted by Gasteiger charge is -2.02.